The van der Waals surface area contributed by atoms with Crippen LogP contribution in [0.1, 0.15) is 52.1 Å². The van der Waals surface area contributed by atoms with Crippen LogP contribution < -0.4 is 0 Å². The lowest BCUT2D eigenvalue weighted by Crippen LogP contribution is -2.56. The van der Waals surface area contributed by atoms with E-state index in [1.807, 2.05) is 39.0 Å². The number of ether oxygens (including phenoxy) is 3. The number of likely N-dealkylation sites (tertiary alicyclic amines) is 1. The highest BCUT2D eigenvalue weighted by atomic mass is 16.7. The highest BCUT2D eigenvalue weighted by Gasteiger charge is 2.46. The largest absolute Gasteiger partial charge is 0.465 e. The Bertz CT molecular complexity index is 528. The molecule has 5 heteroatoms. The van der Waals surface area contributed by atoms with Gasteiger partial charge in [-0.25, -0.2) is 0 Å². The highest BCUT2D eigenvalue weighted by Crippen LogP contribution is 2.36. The van der Waals surface area contributed by atoms with Crippen LogP contribution >= 0.6 is 0 Å². The van der Waals surface area contributed by atoms with Crippen LogP contribution in [0.4, 0.5) is 0 Å². The van der Waals surface area contributed by atoms with Gasteiger partial charge in [0, 0.05) is 38.6 Å². The predicted octanol–water partition coefficient (Wildman–Crippen LogP) is 3.54. The monoisotopic (exact) mass is 349 g/mol. The molecule has 0 aliphatic carbocycles. The Morgan fingerprint density at radius 2 is 1.80 bits per heavy atom. The summed E-state index contributed by atoms with van der Waals surface area (Å²) < 4.78 is 17.2. The quantitative estimate of drug-likeness (QED) is 0.531. The minimum atomic E-state index is -0.701. The van der Waals surface area contributed by atoms with E-state index in [-0.39, 0.29) is 18.1 Å². The van der Waals surface area contributed by atoms with E-state index in [4.69, 9.17) is 14.2 Å². The Labute approximate surface area is 151 Å². The van der Waals surface area contributed by atoms with Crippen molar-refractivity contribution < 1.29 is 19.0 Å². The Morgan fingerprint density at radius 1 is 1.16 bits per heavy atom. The number of carbonyl (C=O) groups excluding carboxylic acids is 1. The molecule has 2 atom stereocenters. The van der Waals surface area contributed by atoms with Crippen molar-refractivity contribution in [3.05, 3.63) is 35.9 Å². The van der Waals surface area contributed by atoms with Crippen molar-refractivity contribution in [2.75, 3.05) is 26.4 Å². The van der Waals surface area contributed by atoms with E-state index >= 15 is 0 Å². The third-order valence-electron chi connectivity index (χ3n) is 4.81. The molecule has 1 aliphatic heterocycles. The van der Waals surface area contributed by atoms with Crippen LogP contribution in [0.5, 0.6) is 0 Å². The summed E-state index contributed by atoms with van der Waals surface area (Å²) in [5.74, 6) is -0.901. The third-order valence-corrected chi connectivity index (χ3v) is 4.81. The van der Waals surface area contributed by atoms with Crippen molar-refractivity contribution in [1.29, 1.82) is 0 Å². The second-order valence-electron chi connectivity index (χ2n) is 6.32. The molecule has 5 nitrogen and oxygen atoms in total. The summed E-state index contributed by atoms with van der Waals surface area (Å²) in [6, 6.07) is 10.0. The van der Waals surface area contributed by atoms with E-state index in [9.17, 15) is 4.79 Å². The lowest BCUT2D eigenvalue weighted by molar-refractivity contribution is -0.263. The molecule has 0 spiro atoms. The average Bonchev–Trinajstić information content (AvgIpc) is 2.62. The van der Waals surface area contributed by atoms with Crippen LogP contribution in [-0.4, -0.2) is 49.1 Å². The molecule has 1 heterocycles. The zero-order chi connectivity index (χ0) is 18.3. The van der Waals surface area contributed by atoms with Crippen LogP contribution in [0.25, 0.3) is 0 Å². The van der Waals surface area contributed by atoms with E-state index < -0.39 is 5.79 Å². The van der Waals surface area contributed by atoms with Gasteiger partial charge in [0.1, 0.15) is 6.04 Å². The van der Waals surface area contributed by atoms with E-state index in [0.717, 1.165) is 13.0 Å². The smallest absolute Gasteiger partial charge is 0.323 e. The normalized spacial score (nSPS) is 21.7. The summed E-state index contributed by atoms with van der Waals surface area (Å²) in [7, 11) is 0. The molecule has 140 valence electrons. The summed E-state index contributed by atoms with van der Waals surface area (Å²) >= 11 is 0. The molecule has 1 aromatic rings. The average molecular weight is 349 g/mol. The van der Waals surface area contributed by atoms with Crippen LogP contribution in [0, 0.1) is 0 Å². The molecular weight excluding hydrogens is 318 g/mol. The van der Waals surface area contributed by atoms with Crippen molar-refractivity contribution in [1.82, 2.24) is 4.90 Å². The Balaban J connectivity index is 2.25. The Hall–Kier alpha value is -1.43. The maximum Gasteiger partial charge on any atom is 0.323 e. The SMILES string of the molecule is CCOC(=O)[C@H]1CC(OCC)(OCC)CCN1[C@@H](C)c1ccccc1. The molecule has 0 aromatic heterocycles. The molecule has 0 amide bonds. The fourth-order valence-corrected chi connectivity index (χ4v) is 3.64. The fourth-order valence-electron chi connectivity index (χ4n) is 3.64. The van der Waals surface area contributed by atoms with E-state index in [2.05, 4.69) is 24.0 Å². The number of carbonyl (C=O) groups is 1. The van der Waals surface area contributed by atoms with Crippen LogP contribution in [0.3, 0.4) is 0 Å². The molecule has 2 rings (SSSR count). The van der Waals surface area contributed by atoms with Gasteiger partial charge in [-0.2, -0.15) is 0 Å². The minimum Gasteiger partial charge on any atom is -0.465 e. The van der Waals surface area contributed by atoms with E-state index in [0.29, 0.717) is 26.2 Å². The van der Waals surface area contributed by atoms with E-state index in [1.165, 1.54) is 5.56 Å². The lowest BCUT2D eigenvalue weighted by atomic mass is 9.92. The Morgan fingerprint density at radius 3 is 2.36 bits per heavy atom. The van der Waals surface area contributed by atoms with Crippen molar-refractivity contribution in [3.63, 3.8) is 0 Å². The minimum absolute atomic E-state index is 0.122. The first-order valence-electron chi connectivity index (χ1n) is 9.32. The first-order valence-corrected chi connectivity index (χ1v) is 9.32. The number of nitrogens with zero attached hydrogens (tertiary/aromatic N) is 1. The third kappa shape index (κ3) is 4.81. The van der Waals surface area contributed by atoms with Crippen molar-refractivity contribution in [2.45, 2.75) is 58.4 Å². The summed E-state index contributed by atoms with van der Waals surface area (Å²) in [6.07, 6.45) is 1.23. The van der Waals surface area contributed by atoms with Gasteiger partial charge in [0.2, 0.25) is 0 Å². The maximum absolute atomic E-state index is 12.7. The molecule has 0 bridgehead atoms. The first-order chi connectivity index (χ1) is 12.1. The fraction of sp³-hybridized carbons (Fsp3) is 0.650. The second-order valence-corrected chi connectivity index (χ2v) is 6.32. The number of piperidine rings is 1. The number of rotatable bonds is 8. The summed E-state index contributed by atoms with van der Waals surface area (Å²) in [6.45, 7) is 10.1. The van der Waals surface area contributed by atoms with Crippen LogP contribution in [-0.2, 0) is 19.0 Å². The molecule has 0 radical (unpaired) electrons. The van der Waals surface area contributed by atoms with Crippen LogP contribution in [0.15, 0.2) is 30.3 Å². The number of esters is 1. The molecule has 1 saturated heterocycles. The molecule has 0 N–H and O–H groups in total. The molecule has 0 saturated carbocycles. The Kier molecular flexibility index (Phi) is 7.41. The van der Waals surface area contributed by atoms with Gasteiger partial charge < -0.3 is 14.2 Å². The molecule has 1 fully saturated rings. The standard InChI is InChI=1S/C20H31NO4/c1-5-23-19(22)18-15-20(24-6-2,25-7-3)13-14-21(18)16(4)17-11-9-8-10-12-17/h8-12,16,18H,5-7,13-15H2,1-4H3/t16-,18+/m0/s1. The topological polar surface area (TPSA) is 48.0 Å². The van der Waals surface area contributed by atoms with Gasteiger partial charge in [-0.05, 0) is 33.3 Å². The zero-order valence-corrected chi connectivity index (χ0v) is 15.9. The van der Waals surface area contributed by atoms with Gasteiger partial charge >= 0.3 is 5.97 Å². The van der Waals surface area contributed by atoms with Crippen molar-refractivity contribution in [2.24, 2.45) is 0 Å². The molecule has 1 aromatic carbocycles. The van der Waals surface area contributed by atoms with Crippen LogP contribution in [0.2, 0.25) is 0 Å². The predicted molar refractivity (Wildman–Crippen MR) is 97.2 cm³/mol. The van der Waals surface area contributed by atoms with E-state index in [1.54, 1.807) is 0 Å². The summed E-state index contributed by atoms with van der Waals surface area (Å²) in [4.78, 5) is 14.9. The number of benzene rings is 1. The van der Waals surface area contributed by atoms with Gasteiger partial charge in [0.25, 0.3) is 0 Å². The summed E-state index contributed by atoms with van der Waals surface area (Å²) in [5, 5.41) is 0. The van der Waals surface area contributed by atoms with Gasteiger partial charge in [-0.1, -0.05) is 30.3 Å². The number of hydrogen-bond acceptors (Lipinski definition) is 5. The molecular formula is C20H31NO4. The molecule has 1 aliphatic rings. The highest BCUT2D eigenvalue weighted by molar-refractivity contribution is 5.76. The second kappa shape index (κ2) is 9.32. The molecule has 0 unspecified atom stereocenters. The van der Waals surface area contributed by atoms with Gasteiger partial charge in [-0.3, -0.25) is 9.69 Å². The first kappa shape index (κ1) is 19.9. The van der Waals surface area contributed by atoms with Gasteiger partial charge in [0.15, 0.2) is 5.79 Å². The zero-order valence-electron chi connectivity index (χ0n) is 15.9. The number of hydrogen-bond donors (Lipinski definition) is 0. The van der Waals surface area contributed by atoms with Gasteiger partial charge in [-0.15, -0.1) is 0 Å². The molecule has 25 heavy (non-hydrogen) atoms. The summed E-state index contributed by atoms with van der Waals surface area (Å²) in [5.41, 5.74) is 1.19. The van der Waals surface area contributed by atoms with Gasteiger partial charge in [0.05, 0.1) is 6.61 Å². The van der Waals surface area contributed by atoms with Crippen molar-refractivity contribution >= 4 is 5.97 Å². The lowest BCUT2D eigenvalue weighted by Gasteiger charge is -2.46. The van der Waals surface area contributed by atoms with Crippen molar-refractivity contribution in [3.8, 4) is 0 Å². The maximum atomic E-state index is 12.7.